The van der Waals surface area contributed by atoms with Crippen LogP contribution in [0.25, 0.3) is 0 Å². The van der Waals surface area contributed by atoms with Crippen LogP contribution in [-0.2, 0) is 6.42 Å². The van der Waals surface area contributed by atoms with Gasteiger partial charge < -0.3 is 10.6 Å². The average Bonchev–Trinajstić information content (AvgIpc) is 2.34. The van der Waals surface area contributed by atoms with Crippen molar-refractivity contribution in [2.45, 2.75) is 19.8 Å². The molecule has 0 radical (unpaired) electrons. The van der Waals surface area contributed by atoms with Gasteiger partial charge in [0.25, 0.3) is 0 Å². The Kier molecular flexibility index (Phi) is 3.65. The van der Waals surface area contributed by atoms with Crippen LogP contribution in [0.1, 0.15) is 17.5 Å². The van der Waals surface area contributed by atoms with Gasteiger partial charge in [-0.1, -0.05) is 29.8 Å². The van der Waals surface area contributed by atoms with E-state index < -0.39 is 0 Å². The number of aryl methyl sites for hydroxylation is 2. The molecule has 18 heavy (non-hydrogen) atoms. The van der Waals surface area contributed by atoms with Crippen LogP contribution in [0.15, 0.2) is 40.9 Å². The van der Waals surface area contributed by atoms with Crippen molar-refractivity contribution in [3.8, 4) is 0 Å². The van der Waals surface area contributed by atoms with Crippen LogP contribution in [0.4, 0.5) is 4.39 Å². The van der Waals surface area contributed by atoms with Gasteiger partial charge in [-0.15, -0.1) is 0 Å². The number of nitrogens with two attached hydrogens (primary N) is 1. The first-order valence-electron chi connectivity index (χ1n) is 6.04. The molecule has 0 saturated carbocycles. The monoisotopic (exact) mass is 247 g/mol. The van der Waals surface area contributed by atoms with E-state index in [2.05, 4.69) is 36.2 Å². The van der Waals surface area contributed by atoms with Crippen LogP contribution in [-0.4, -0.2) is 24.3 Å². The summed E-state index contributed by atoms with van der Waals surface area (Å²) in [5.74, 6) is 0.512. The number of rotatable bonds is 3. The number of benzene rings is 1. The molecule has 1 aliphatic rings. The third kappa shape index (κ3) is 2.88. The van der Waals surface area contributed by atoms with Crippen LogP contribution in [0.3, 0.4) is 0 Å². The number of halogens is 1. The van der Waals surface area contributed by atoms with Crippen molar-refractivity contribution < 1.29 is 4.39 Å². The zero-order valence-corrected chi connectivity index (χ0v) is 10.8. The largest absolute Gasteiger partial charge is 0.381 e. The Labute approximate surface area is 107 Å². The highest BCUT2D eigenvalue weighted by molar-refractivity contribution is 5.84. The van der Waals surface area contributed by atoms with Gasteiger partial charge in [0.2, 0.25) is 0 Å². The van der Waals surface area contributed by atoms with Crippen LogP contribution < -0.4 is 5.73 Å². The third-order valence-corrected chi connectivity index (χ3v) is 3.10. The molecule has 0 aromatic heterocycles. The average molecular weight is 247 g/mol. The Bertz CT molecular complexity index is 488. The van der Waals surface area contributed by atoms with Gasteiger partial charge in [-0.05, 0) is 18.9 Å². The van der Waals surface area contributed by atoms with Crippen molar-refractivity contribution in [2.24, 2.45) is 10.7 Å². The number of hydrogen-bond donors (Lipinski definition) is 1. The van der Waals surface area contributed by atoms with Crippen LogP contribution in [0, 0.1) is 6.92 Å². The molecule has 0 unspecified atom stereocenters. The first kappa shape index (κ1) is 12.6. The molecule has 0 aliphatic carbocycles. The molecule has 2 rings (SSSR count). The fraction of sp³-hybridized carbons (Fsp3) is 0.357. The van der Waals surface area contributed by atoms with E-state index in [-0.39, 0.29) is 18.2 Å². The van der Waals surface area contributed by atoms with E-state index in [1.54, 1.807) is 4.90 Å². The molecule has 1 heterocycles. The molecule has 0 amide bonds. The van der Waals surface area contributed by atoms with Crippen molar-refractivity contribution in [3.63, 3.8) is 0 Å². The fourth-order valence-electron chi connectivity index (χ4n) is 1.92. The zero-order chi connectivity index (χ0) is 13.1. The molecule has 1 aliphatic heterocycles. The van der Waals surface area contributed by atoms with Crippen molar-refractivity contribution >= 4 is 5.84 Å². The lowest BCUT2D eigenvalue weighted by atomic mass is 10.1. The summed E-state index contributed by atoms with van der Waals surface area (Å²) >= 11 is 0. The zero-order valence-electron chi connectivity index (χ0n) is 10.8. The summed E-state index contributed by atoms with van der Waals surface area (Å²) < 4.78 is 13.2. The SMILES string of the molecule is Cc1ccc(CCC2=NC(N)=C(F)CN2C)cc1. The second-order valence-electron chi connectivity index (χ2n) is 4.66. The lowest BCUT2D eigenvalue weighted by Crippen LogP contribution is -2.33. The van der Waals surface area contributed by atoms with Gasteiger partial charge in [0.1, 0.15) is 5.84 Å². The molecule has 4 heteroatoms. The van der Waals surface area contributed by atoms with Gasteiger partial charge >= 0.3 is 0 Å². The second-order valence-corrected chi connectivity index (χ2v) is 4.66. The summed E-state index contributed by atoms with van der Waals surface area (Å²) in [7, 11) is 1.83. The fourth-order valence-corrected chi connectivity index (χ4v) is 1.92. The van der Waals surface area contributed by atoms with Crippen LogP contribution in [0.2, 0.25) is 0 Å². The van der Waals surface area contributed by atoms with Gasteiger partial charge in [0, 0.05) is 13.5 Å². The number of aliphatic imine (C=N–C) groups is 1. The van der Waals surface area contributed by atoms with E-state index in [1.807, 2.05) is 7.05 Å². The van der Waals surface area contributed by atoms with Gasteiger partial charge in [-0.3, -0.25) is 0 Å². The van der Waals surface area contributed by atoms with Crippen molar-refractivity contribution in [1.82, 2.24) is 4.90 Å². The van der Waals surface area contributed by atoms with Gasteiger partial charge in [-0.2, -0.15) is 0 Å². The summed E-state index contributed by atoms with van der Waals surface area (Å²) in [5.41, 5.74) is 8.02. The maximum absolute atomic E-state index is 13.2. The van der Waals surface area contributed by atoms with E-state index in [9.17, 15) is 4.39 Å². The second kappa shape index (κ2) is 5.21. The summed E-state index contributed by atoms with van der Waals surface area (Å²) in [6.07, 6.45) is 1.66. The Morgan fingerprint density at radius 2 is 1.94 bits per heavy atom. The summed E-state index contributed by atoms with van der Waals surface area (Å²) in [6, 6.07) is 8.41. The molecule has 0 fully saturated rings. The van der Waals surface area contributed by atoms with E-state index in [0.717, 1.165) is 18.7 Å². The third-order valence-electron chi connectivity index (χ3n) is 3.10. The molecule has 1 aromatic carbocycles. The standard InChI is InChI=1S/C14H18FN3/c1-10-3-5-11(6-4-10)7-8-13-17-14(16)12(15)9-18(13)2/h3-6H,7-9,16H2,1-2H3. The van der Waals surface area contributed by atoms with E-state index in [0.29, 0.717) is 0 Å². The van der Waals surface area contributed by atoms with E-state index in [1.165, 1.54) is 11.1 Å². The number of nitrogens with zero attached hydrogens (tertiary/aromatic N) is 2. The molecular weight excluding hydrogens is 229 g/mol. The highest BCUT2D eigenvalue weighted by Crippen LogP contribution is 2.15. The predicted octanol–water partition coefficient (Wildman–Crippen LogP) is 2.37. The molecule has 1 aromatic rings. The van der Waals surface area contributed by atoms with Crippen molar-refractivity contribution in [1.29, 1.82) is 0 Å². The van der Waals surface area contributed by atoms with E-state index >= 15 is 0 Å². The minimum absolute atomic E-state index is 0.0204. The minimum atomic E-state index is -0.350. The lowest BCUT2D eigenvalue weighted by molar-refractivity contribution is 0.444. The summed E-state index contributed by atoms with van der Waals surface area (Å²) in [6.45, 7) is 2.29. The summed E-state index contributed by atoms with van der Waals surface area (Å²) in [4.78, 5) is 5.91. The van der Waals surface area contributed by atoms with Crippen molar-refractivity contribution in [3.05, 3.63) is 47.0 Å². The molecule has 0 spiro atoms. The Morgan fingerprint density at radius 3 is 2.61 bits per heavy atom. The molecule has 96 valence electrons. The van der Waals surface area contributed by atoms with Gasteiger partial charge in [-0.25, -0.2) is 9.38 Å². The predicted molar refractivity (Wildman–Crippen MR) is 71.9 cm³/mol. The van der Waals surface area contributed by atoms with Gasteiger partial charge in [0.15, 0.2) is 11.6 Å². The highest BCUT2D eigenvalue weighted by atomic mass is 19.1. The number of amidine groups is 1. The Morgan fingerprint density at radius 1 is 1.28 bits per heavy atom. The molecule has 0 atom stereocenters. The van der Waals surface area contributed by atoms with Crippen LogP contribution >= 0.6 is 0 Å². The van der Waals surface area contributed by atoms with Crippen LogP contribution in [0.5, 0.6) is 0 Å². The molecule has 3 nitrogen and oxygen atoms in total. The summed E-state index contributed by atoms with van der Waals surface area (Å²) in [5, 5.41) is 0. The number of likely N-dealkylation sites (N-methyl/N-ethyl adjacent to an activating group) is 1. The first-order valence-corrected chi connectivity index (χ1v) is 6.04. The maximum Gasteiger partial charge on any atom is 0.161 e. The Hall–Kier alpha value is -1.84. The molecule has 2 N–H and O–H groups in total. The smallest absolute Gasteiger partial charge is 0.161 e. The number of hydrogen-bond acceptors (Lipinski definition) is 3. The maximum atomic E-state index is 13.2. The first-order chi connectivity index (χ1) is 8.56. The minimum Gasteiger partial charge on any atom is -0.381 e. The lowest BCUT2D eigenvalue weighted by Gasteiger charge is -2.24. The molecule has 0 saturated heterocycles. The highest BCUT2D eigenvalue weighted by Gasteiger charge is 2.17. The molecule has 0 bridgehead atoms. The normalized spacial score (nSPS) is 15.9. The Balaban J connectivity index is 2.02. The van der Waals surface area contributed by atoms with Crippen molar-refractivity contribution in [2.75, 3.05) is 13.6 Å². The quantitative estimate of drug-likeness (QED) is 0.891. The van der Waals surface area contributed by atoms with E-state index in [4.69, 9.17) is 5.73 Å². The topological polar surface area (TPSA) is 41.6 Å². The van der Waals surface area contributed by atoms with Gasteiger partial charge in [0.05, 0.1) is 6.54 Å². The molecular formula is C14H18FN3.